The van der Waals surface area contributed by atoms with Crippen molar-refractivity contribution in [3.8, 4) is 0 Å². The van der Waals surface area contributed by atoms with E-state index < -0.39 is 11.3 Å². The SMILES string of the molecule is CN(C)c1c(N2CCC(CCNNS(=O)[O-])CC2)cnc2ncnn12. The maximum Gasteiger partial charge on any atom is 0.254 e. The Kier molecular flexibility index (Phi) is 5.78. The number of nitrogens with zero attached hydrogens (tertiary/aromatic N) is 6. The van der Waals surface area contributed by atoms with Crippen LogP contribution in [-0.2, 0) is 11.3 Å². The molecular formula is C14H23N8O2S-. The minimum absolute atomic E-state index is 0.580. The van der Waals surface area contributed by atoms with Gasteiger partial charge in [0.2, 0.25) is 0 Å². The van der Waals surface area contributed by atoms with Crippen molar-refractivity contribution in [3.63, 3.8) is 0 Å². The molecule has 25 heavy (non-hydrogen) atoms. The summed E-state index contributed by atoms with van der Waals surface area (Å²) in [5, 5.41) is 4.28. The molecule has 138 valence electrons. The molecule has 0 radical (unpaired) electrons. The van der Waals surface area contributed by atoms with Gasteiger partial charge in [0.15, 0.2) is 5.82 Å². The van der Waals surface area contributed by atoms with Crippen LogP contribution in [0.4, 0.5) is 11.5 Å². The van der Waals surface area contributed by atoms with Gasteiger partial charge in [-0.2, -0.15) is 19.4 Å². The lowest BCUT2D eigenvalue weighted by molar-refractivity contribution is 0.369. The number of anilines is 2. The highest BCUT2D eigenvalue weighted by molar-refractivity contribution is 7.76. The van der Waals surface area contributed by atoms with Crippen molar-refractivity contribution < 1.29 is 8.76 Å². The first-order chi connectivity index (χ1) is 12.1. The summed E-state index contributed by atoms with van der Waals surface area (Å²) in [6.07, 6.45) is 6.45. The van der Waals surface area contributed by atoms with Gasteiger partial charge < -0.3 is 14.4 Å². The molecule has 1 saturated heterocycles. The normalized spacial score (nSPS) is 17.2. The van der Waals surface area contributed by atoms with Gasteiger partial charge in [-0.15, -0.1) is 0 Å². The minimum atomic E-state index is -2.26. The van der Waals surface area contributed by atoms with E-state index in [1.54, 1.807) is 4.52 Å². The lowest BCUT2D eigenvalue weighted by atomic mass is 9.93. The molecule has 10 nitrogen and oxygen atoms in total. The van der Waals surface area contributed by atoms with Crippen molar-refractivity contribution >= 4 is 28.5 Å². The molecule has 0 saturated carbocycles. The van der Waals surface area contributed by atoms with Crippen LogP contribution in [0.2, 0.25) is 0 Å². The van der Waals surface area contributed by atoms with Gasteiger partial charge in [0.25, 0.3) is 5.78 Å². The highest BCUT2D eigenvalue weighted by Gasteiger charge is 2.23. The van der Waals surface area contributed by atoms with E-state index >= 15 is 0 Å². The topological polar surface area (TPSA) is 114 Å². The summed E-state index contributed by atoms with van der Waals surface area (Å²) in [4.78, 5) is 15.1. The van der Waals surface area contributed by atoms with Crippen LogP contribution in [0.5, 0.6) is 0 Å². The molecule has 2 N–H and O–H groups in total. The van der Waals surface area contributed by atoms with Crippen molar-refractivity contribution in [1.82, 2.24) is 29.8 Å². The predicted octanol–water partition coefficient (Wildman–Crippen LogP) is -0.315. The highest BCUT2D eigenvalue weighted by atomic mass is 32.2. The molecule has 11 heteroatoms. The van der Waals surface area contributed by atoms with Crippen LogP contribution in [-0.4, -0.2) is 62.1 Å². The zero-order chi connectivity index (χ0) is 17.8. The van der Waals surface area contributed by atoms with E-state index in [0.29, 0.717) is 18.2 Å². The summed E-state index contributed by atoms with van der Waals surface area (Å²) in [6, 6.07) is 0. The summed E-state index contributed by atoms with van der Waals surface area (Å²) in [7, 11) is 3.98. The second-order valence-corrected chi connectivity index (χ2v) is 6.99. The smallest absolute Gasteiger partial charge is 0.254 e. The fourth-order valence-electron chi connectivity index (χ4n) is 3.25. The fraction of sp³-hybridized carbons (Fsp3) is 0.643. The first kappa shape index (κ1) is 18.0. The number of hydrazine groups is 1. The van der Waals surface area contributed by atoms with Crippen molar-refractivity contribution in [2.75, 3.05) is 43.5 Å². The Labute approximate surface area is 149 Å². The Morgan fingerprint density at radius 3 is 2.80 bits per heavy atom. The second-order valence-electron chi connectivity index (χ2n) is 6.32. The van der Waals surface area contributed by atoms with E-state index in [9.17, 15) is 8.76 Å². The summed E-state index contributed by atoms with van der Waals surface area (Å²) < 4.78 is 22.6. The van der Waals surface area contributed by atoms with Crippen LogP contribution in [0.3, 0.4) is 0 Å². The first-order valence-corrected chi connectivity index (χ1v) is 9.32. The fourth-order valence-corrected chi connectivity index (χ4v) is 3.47. The van der Waals surface area contributed by atoms with Gasteiger partial charge in [-0.05, 0) is 25.2 Å². The quantitative estimate of drug-likeness (QED) is 0.389. The lowest BCUT2D eigenvalue weighted by Crippen LogP contribution is -2.38. The molecule has 2 aromatic rings. The number of rotatable bonds is 7. The van der Waals surface area contributed by atoms with Crippen LogP contribution in [0.25, 0.3) is 5.78 Å². The third-order valence-corrected chi connectivity index (χ3v) is 4.78. The zero-order valence-corrected chi connectivity index (χ0v) is 15.2. The summed E-state index contributed by atoms with van der Waals surface area (Å²) >= 11 is -2.26. The highest BCUT2D eigenvalue weighted by Crippen LogP contribution is 2.31. The van der Waals surface area contributed by atoms with E-state index in [1.165, 1.54) is 6.33 Å². The molecule has 1 aliphatic rings. The Morgan fingerprint density at radius 2 is 2.12 bits per heavy atom. The van der Waals surface area contributed by atoms with Gasteiger partial charge in [0.05, 0.1) is 11.9 Å². The van der Waals surface area contributed by atoms with Gasteiger partial charge in [0, 0.05) is 45.0 Å². The van der Waals surface area contributed by atoms with Crippen LogP contribution >= 0.6 is 0 Å². The van der Waals surface area contributed by atoms with Gasteiger partial charge in [-0.25, -0.2) is 10.4 Å². The molecule has 0 bridgehead atoms. The predicted molar refractivity (Wildman–Crippen MR) is 94.7 cm³/mol. The second kappa shape index (κ2) is 8.04. The van der Waals surface area contributed by atoms with E-state index in [4.69, 9.17) is 0 Å². The third kappa shape index (κ3) is 4.24. The average molecular weight is 367 g/mol. The number of piperidine rings is 1. The molecule has 0 aromatic carbocycles. The Hall–Kier alpha value is -1.82. The Balaban J connectivity index is 1.62. The van der Waals surface area contributed by atoms with E-state index in [1.807, 2.05) is 25.2 Å². The molecular weight excluding hydrogens is 344 g/mol. The van der Waals surface area contributed by atoms with E-state index in [-0.39, 0.29) is 0 Å². The van der Waals surface area contributed by atoms with Crippen molar-refractivity contribution in [2.24, 2.45) is 5.92 Å². The monoisotopic (exact) mass is 367 g/mol. The molecule has 0 amide bonds. The Bertz CT molecular complexity index is 729. The molecule has 1 aliphatic heterocycles. The van der Waals surface area contributed by atoms with Crippen LogP contribution in [0, 0.1) is 5.92 Å². The maximum absolute atomic E-state index is 10.4. The molecule has 1 unspecified atom stereocenters. The zero-order valence-electron chi connectivity index (χ0n) is 14.4. The lowest BCUT2D eigenvalue weighted by Gasteiger charge is -2.35. The number of hydrogen-bond donors (Lipinski definition) is 2. The molecule has 1 fully saturated rings. The van der Waals surface area contributed by atoms with Crippen molar-refractivity contribution in [3.05, 3.63) is 12.5 Å². The van der Waals surface area contributed by atoms with Gasteiger partial charge >= 0.3 is 0 Å². The molecule has 2 aromatic heterocycles. The van der Waals surface area contributed by atoms with Crippen LogP contribution in [0.1, 0.15) is 19.3 Å². The number of nitrogens with one attached hydrogen (secondary N) is 2. The number of fused-ring (bicyclic) bond motifs is 1. The van der Waals surface area contributed by atoms with Crippen LogP contribution in [0.15, 0.2) is 12.5 Å². The van der Waals surface area contributed by atoms with Gasteiger partial charge in [0.1, 0.15) is 6.33 Å². The average Bonchev–Trinajstić information content (AvgIpc) is 3.06. The maximum atomic E-state index is 10.4. The van der Waals surface area contributed by atoms with Crippen molar-refractivity contribution in [1.29, 1.82) is 0 Å². The molecule has 3 heterocycles. The van der Waals surface area contributed by atoms with Crippen LogP contribution < -0.4 is 20.1 Å². The van der Waals surface area contributed by atoms with Gasteiger partial charge in [-0.3, -0.25) is 4.21 Å². The number of aromatic nitrogens is 4. The summed E-state index contributed by atoms with van der Waals surface area (Å²) in [6.45, 7) is 2.51. The Morgan fingerprint density at radius 1 is 1.36 bits per heavy atom. The largest absolute Gasteiger partial charge is 0.759 e. The van der Waals surface area contributed by atoms with E-state index in [2.05, 4.69) is 30.2 Å². The van der Waals surface area contributed by atoms with Crippen molar-refractivity contribution in [2.45, 2.75) is 19.3 Å². The summed E-state index contributed by atoms with van der Waals surface area (Å²) in [5.41, 5.74) is 3.76. The first-order valence-electron chi connectivity index (χ1n) is 8.25. The molecule has 1 atom stereocenters. The molecule has 0 aliphatic carbocycles. The minimum Gasteiger partial charge on any atom is -0.759 e. The summed E-state index contributed by atoms with van der Waals surface area (Å²) in [5.74, 6) is 2.15. The standard InChI is InChI=1S/C14H24N8O2S/c1-20(2)13-12(9-15-14-16-10-18-22(13)14)21-7-4-11(5-8-21)3-6-17-19-25(23)24/h9-11,17,19H,3-8H2,1-2H3,(H,23,24)/p-1. The van der Waals surface area contributed by atoms with E-state index in [0.717, 1.165) is 43.9 Å². The third-order valence-electron chi connectivity index (χ3n) is 4.47. The molecule has 3 rings (SSSR count). The van der Waals surface area contributed by atoms with Gasteiger partial charge in [-0.1, -0.05) is 0 Å². The molecule has 0 spiro atoms. The number of hydrogen-bond acceptors (Lipinski definition) is 8.